The molecule has 1 amide bonds. The first-order valence-electron chi connectivity index (χ1n) is 9.91. The number of rotatable bonds is 5. The lowest BCUT2D eigenvalue weighted by Gasteiger charge is -2.35. The SMILES string of the molecule is CNC(=O)C1Cc2ccccc2CN1Cn1nc(-c2cccs2)n(C2CC2)c1=S. The predicted molar refractivity (Wildman–Crippen MR) is 116 cm³/mol. The van der Waals surface area contributed by atoms with Crippen LogP contribution >= 0.6 is 23.6 Å². The fourth-order valence-electron chi connectivity index (χ4n) is 4.07. The van der Waals surface area contributed by atoms with Gasteiger partial charge in [-0.25, -0.2) is 4.68 Å². The van der Waals surface area contributed by atoms with E-state index in [0.717, 1.165) is 28.3 Å². The third-order valence-corrected chi connectivity index (χ3v) is 7.01. The Balaban J connectivity index is 1.51. The largest absolute Gasteiger partial charge is 0.358 e. The minimum Gasteiger partial charge on any atom is -0.358 e. The molecule has 0 saturated heterocycles. The third kappa shape index (κ3) is 3.45. The smallest absolute Gasteiger partial charge is 0.237 e. The maximum Gasteiger partial charge on any atom is 0.237 e. The Bertz CT molecular complexity index is 1100. The van der Waals surface area contributed by atoms with E-state index in [0.29, 0.717) is 25.7 Å². The van der Waals surface area contributed by atoms with E-state index in [9.17, 15) is 4.79 Å². The molecular weight excluding hydrogens is 402 g/mol. The molecule has 1 aromatic carbocycles. The van der Waals surface area contributed by atoms with E-state index in [1.807, 2.05) is 16.8 Å². The lowest BCUT2D eigenvalue weighted by Crippen LogP contribution is -2.50. The third-order valence-electron chi connectivity index (χ3n) is 5.73. The number of carbonyl (C=O) groups is 1. The highest BCUT2D eigenvalue weighted by atomic mass is 32.1. The maximum atomic E-state index is 12.6. The average molecular weight is 426 g/mol. The molecule has 2 aliphatic rings. The second-order valence-corrected chi connectivity index (χ2v) is 8.99. The van der Waals surface area contributed by atoms with Crippen molar-refractivity contribution in [1.29, 1.82) is 0 Å². The van der Waals surface area contributed by atoms with E-state index >= 15 is 0 Å². The Morgan fingerprint density at radius 2 is 2.03 bits per heavy atom. The standard InChI is InChI=1S/C21H23N5OS2/c1-22-20(27)17-11-14-5-2-3-6-15(14)12-24(17)13-25-21(28)26(16-8-9-16)19(23-25)18-7-4-10-29-18/h2-7,10,16-17H,8-9,11-13H2,1H3,(H,22,27). The minimum absolute atomic E-state index is 0.0335. The molecule has 1 atom stereocenters. The summed E-state index contributed by atoms with van der Waals surface area (Å²) in [5.41, 5.74) is 2.50. The van der Waals surface area contributed by atoms with Crippen molar-refractivity contribution < 1.29 is 4.79 Å². The Kier molecular flexibility index (Phi) is 4.85. The molecule has 0 bridgehead atoms. The molecule has 1 N–H and O–H groups in total. The summed E-state index contributed by atoms with van der Waals surface area (Å²) in [6, 6.07) is 12.7. The summed E-state index contributed by atoms with van der Waals surface area (Å²) in [5.74, 6) is 0.979. The van der Waals surface area contributed by atoms with Gasteiger partial charge in [-0.2, -0.15) is 0 Å². The van der Waals surface area contributed by atoms with Gasteiger partial charge < -0.3 is 5.32 Å². The van der Waals surface area contributed by atoms with Crippen LogP contribution in [0, 0.1) is 4.77 Å². The van der Waals surface area contributed by atoms with Crippen molar-refractivity contribution in [3.8, 4) is 10.7 Å². The fraction of sp³-hybridized carbons (Fsp3) is 0.381. The van der Waals surface area contributed by atoms with Crippen molar-refractivity contribution in [1.82, 2.24) is 24.6 Å². The van der Waals surface area contributed by atoms with Crippen LogP contribution in [0.4, 0.5) is 0 Å². The second kappa shape index (κ2) is 7.51. The van der Waals surface area contributed by atoms with Gasteiger partial charge in [-0.15, -0.1) is 16.4 Å². The fourth-order valence-corrected chi connectivity index (χ4v) is 5.11. The number of amides is 1. The lowest BCUT2D eigenvalue weighted by molar-refractivity contribution is -0.127. The molecule has 5 rings (SSSR count). The van der Waals surface area contributed by atoms with Gasteiger partial charge in [-0.3, -0.25) is 14.3 Å². The van der Waals surface area contributed by atoms with E-state index in [1.165, 1.54) is 11.1 Å². The molecule has 3 heterocycles. The first kappa shape index (κ1) is 18.7. The molecule has 1 unspecified atom stereocenters. The number of carbonyl (C=O) groups excluding carboxylic acids is 1. The molecule has 6 nitrogen and oxygen atoms in total. The number of fused-ring (bicyclic) bond motifs is 1. The van der Waals surface area contributed by atoms with Crippen molar-refractivity contribution in [3.63, 3.8) is 0 Å². The molecule has 29 heavy (non-hydrogen) atoms. The van der Waals surface area contributed by atoms with Crippen LogP contribution in [0.25, 0.3) is 10.7 Å². The van der Waals surface area contributed by atoms with Crippen molar-refractivity contribution in [2.75, 3.05) is 7.05 Å². The zero-order valence-electron chi connectivity index (χ0n) is 16.2. The molecule has 0 spiro atoms. The van der Waals surface area contributed by atoms with Crippen LogP contribution in [-0.2, 0) is 24.4 Å². The highest BCUT2D eigenvalue weighted by Crippen LogP contribution is 2.39. The Hall–Kier alpha value is -2.29. The molecule has 0 radical (unpaired) electrons. The quantitative estimate of drug-likeness (QED) is 0.635. The number of hydrogen-bond acceptors (Lipinski definition) is 5. The Morgan fingerprint density at radius 1 is 1.24 bits per heavy atom. The monoisotopic (exact) mass is 425 g/mol. The van der Waals surface area contributed by atoms with Crippen LogP contribution in [-0.4, -0.2) is 38.2 Å². The van der Waals surface area contributed by atoms with E-state index in [2.05, 4.69) is 44.4 Å². The van der Waals surface area contributed by atoms with Crippen molar-refractivity contribution in [2.45, 2.75) is 44.6 Å². The van der Waals surface area contributed by atoms with Gasteiger partial charge in [0.05, 0.1) is 17.6 Å². The topological polar surface area (TPSA) is 55.1 Å². The highest BCUT2D eigenvalue weighted by molar-refractivity contribution is 7.71. The van der Waals surface area contributed by atoms with Gasteiger partial charge in [-0.1, -0.05) is 30.3 Å². The Morgan fingerprint density at radius 3 is 2.72 bits per heavy atom. The van der Waals surface area contributed by atoms with Crippen LogP contribution < -0.4 is 5.32 Å². The van der Waals surface area contributed by atoms with E-state index in [4.69, 9.17) is 17.3 Å². The van der Waals surface area contributed by atoms with E-state index in [-0.39, 0.29) is 11.9 Å². The number of benzene rings is 1. The van der Waals surface area contributed by atoms with Gasteiger partial charge in [0, 0.05) is 19.6 Å². The second-order valence-electron chi connectivity index (χ2n) is 7.68. The summed E-state index contributed by atoms with van der Waals surface area (Å²) < 4.78 is 4.84. The van der Waals surface area contributed by atoms with Crippen LogP contribution in [0.2, 0.25) is 0 Å². The minimum atomic E-state index is -0.229. The number of aromatic nitrogens is 3. The van der Waals surface area contributed by atoms with Crippen LogP contribution in [0.5, 0.6) is 0 Å². The first-order chi connectivity index (χ1) is 14.2. The predicted octanol–water partition coefficient (Wildman–Crippen LogP) is 3.61. The molecular formula is C21H23N5OS2. The molecule has 1 saturated carbocycles. The normalized spacial score (nSPS) is 19.1. The zero-order chi connectivity index (χ0) is 20.0. The van der Waals surface area contributed by atoms with Crippen LogP contribution in [0.3, 0.4) is 0 Å². The molecule has 150 valence electrons. The zero-order valence-corrected chi connectivity index (χ0v) is 17.9. The summed E-state index contributed by atoms with van der Waals surface area (Å²) in [6.07, 6.45) is 3.00. The summed E-state index contributed by atoms with van der Waals surface area (Å²) >= 11 is 7.51. The maximum absolute atomic E-state index is 12.6. The molecule has 8 heteroatoms. The highest BCUT2D eigenvalue weighted by Gasteiger charge is 2.33. The lowest BCUT2D eigenvalue weighted by atomic mass is 9.94. The summed E-state index contributed by atoms with van der Waals surface area (Å²) in [5, 5.41) is 9.79. The molecule has 1 aliphatic carbocycles. The summed E-state index contributed by atoms with van der Waals surface area (Å²) in [7, 11) is 1.70. The summed E-state index contributed by atoms with van der Waals surface area (Å²) in [6.45, 7) is 1.21. The van der Waals surface area contributed by atoms with Gasteiger partial charge in [0.15, 0.2) is 10.6 Å². The summed E-state index contributed by atoms with van der Waals surface area (Å²) in [4.78, 5) is 15.9. The van der Waals surface area contributed by atoms with E-state index in [1.54, 1.807) is 18.4 Å². The van der Waals surface area contributed by atoms with Gasteiger partial charge in [0.2, 0.25) is 5.91 Å². The molecule has 1 fully saturated rings. The Labute approximate surface area is 178 Å². The first-order valence-corrected chi connectivity index (χ1v) is 11.2. The van der Waals surface area contributed by atoms with Crippen molar-refractivity contribution in [3.05, 3.63) is 57.7 Å². The van der Waals surface area contributed by atoms with Gasteiger partial charge in [-0.05, 0) is 54.1 Å². The molecule has 1 aliphatic heterocycles. The number of thiophene rings is 1. The van der Waals surface area contributed by atoms with Crippen molar-refractivity contribution >= 4 is 29.5 Å². The number of nitrogens with one attached hydrogen (secondary N) is 1. The molecule has 2 aromatic heterocycles. The van der Waals surface area contributed by atoms with E-state index < -0.39 is 0 Å². The van der Waals surface area contributed by atoms with Crippen LogP contribution in [0.15, 0.2) is 41.8 Å². The number of hydrogen-bond donors (Lipinski definition) is 1. The average Bonchev–Trinajstić information content (AvgIpc) is 3.32. The van der Waals surface area contributed by atoms with Gasteiger partial charge >= 0.3 is 0 Å². The van der Waals surface area contributed by atoms with Gasteiger partial charge in [0.25, 0.3) is 0 Å². The van der Waals surface area contributed by atoms with Gasteiger partial charge in [0.1, 0.15) is 0 Å². The number of nitrogens with zero attached hydrogens (tertiary/aromatic N) is 4. The number of likely N-dealkylation sites (N-methyl/N-ethyl adjacent to an activating group) is 1. The van der Waals surface area contributed by atoms with Crippen LogP contribution in [0.1, 0.15) is 30.0 Å². The van der Waals surface area contributed by atoms with Crippen molar-refractivity contribution in [2.24, 2.45) is 0 Å². The molecule has 3 aromatic rings.